The van der Waals surface area contributed by atoms with Crippen molar-refractivity contribution in [2.45, 2.75) is 25.0 Å². The van der Waals surface area contributed by atoms with Crippen LogP contribution >= 0.6 is 34.4 Å². The van der Waals surface area contributed by atoms with Crippen LogP contribution in [-0.4, -0.2) is 19.9 Å². The molecule has 0 bridgehead atoms. The molecule has 0 fully saturated rings. The lowest BCUT2D eigenvalue weighted by atomic mass is 9.84. The fourth-order valence-electron chi connectivity index (χ4n) is 3.82. The Labute approximate surface area is 193 Å². The van der Waals surface area contributed by atoms with E-state index < -0.39 is 11.2 Å². The Morgan fingerprint density at radius 3 is 1.65 bits per heavy atom. The molecule has 0 spiro atoms. The van der Waals surface area contributed by atoms with Crippen molar-refractivity contribution in [3.63, 3.8) is 0 Å². The maximum Gasteiger partial charge on any atom is 0.174 e. The lowest BCUT2D eigenvalue weighted by Crippen LogP contribution is -2.43. The molecule has 4 aromatic rings. The van der Waals surface area contributed by atoms with E-state index in [0.717, 1.165) is 37.5 Å². The lowest BCUT2D eigenvalue weighted by Gasteiger charge is -2.35. The van der Waals surface area contributed by atoms with Crippen molar-refractivity contribution in [3.8, 4) is 32.4 Å². The van der Waals surface area contributed by atoms with Crippen LogP contribution in [0.4, 0.5) is 0 Å². The van der Waals surface area contributed by atoms with Crippen LogP contribution in [0.3, 0.4) is 0 Å². The maximum atomic E-state index is 6.73. The van der Waals surface area contributed by atoms with Gasteiger partial charge < -0.3 is 9.47 Å². The van der Waals surface area contributed by atoms with Crippen molar-refractivity contribution < 1.29 is 9.47 Å². The van der Waals surface area contributed by atoms with E-state index in [1.165, 1.54) is 11.7 Å². The molecule has 156 valence electrons. The summed E-state index contributed by atoms with van der Waals surface area (Å²) in [7, 11) is 0. The van der Waals surface area contributed by atoms with Gasteiger partial charge in [-0.1, -0.05) is 31.9 Å². The standard InChI is InChI=1S/C24H20N2O2S3/c1-6-23(4)14(3)24(5,7-2)28-22-18(16-11-9-13-30-16)20-19(25-31-26-20)17(21(22)27-23)15-10-8-12-29-15/h6-13H,1-3H2,4-5H3. The zero-order chi connectivity index (χ0) is 21.8. The molecule has 1 aliphatic rings. The van der Waals surface area contributed by atoms with Crippen LogP contribution < -0.4 is 9.47 Å². The van der Waals surface area contributed by atoms with Crippen molar-refractivity contribution in [1.29, 1.82) is 0 Å². The highest BCUT2D eigenvalue weighted by Crippen LogP contribution is 2.56. The van der Waals surface area contributed by atoms with E-state index >= 15 is 0 Å². The normalized spacial score (nSPS) is 23.0. The highest BCUT2D eigenvalue weighted by atomic mass is 32.1. The minimum Gasteiger partial charge on any atom is -0.474 e. The number of ether oxygens (including phenoxy) is 2. The summed E-state index contributed by atoms with van der Waals surface area (Å²) in [5.74, 6) is 1.25. The SMILES string of the molecule is C=CC1(C)Oc2c(c(-c3cccs3)c3nsnc3c2-c2cccs2)OC(C)(C=C)C1=C. The molecule has 2 unspecified atom stereocenters. The fourth-order valence-corrected chi connectivity index (χ4v) is 5.92. The first-order valence-electron chi connectivity index (χ1n) is 9.67. The molecule has 0 amide bonds. The second-order valence-electron chi connectivity index (χ2n) is 7.63. The Kier molecular flexibility index (Phi) is 4.66. The number of hydrogen-bond donors (Lipinski definition) is 0. The second kappa shape index (κ2) is 7.15. The predicted molar refractivity (Wildman–Crippen MR) is 132 cm³/mol. The van der Waals surface area contributed by atoms with Gasteiger partial charge in [0.15, 0.2) is 11.5 Å². The summed E-state index contributed by atoms with van der Waals surface area (Å²) in [6.07, 6.45) is 3.53. The Bertz CT molecular complexity index is 1220. The first-order valence-corrected chi connectivity index (χ1v) is 12.2. The molecule has 4 nitrogen and oxygen atoms in total. The molecular formula is C24H20N2O2S3. The number of fused-ring (bicyclic) bond motifs is 2. The molecule has 31 heavy (non-hydrogen) atoms. The average Bonchev–Trinajstić information content (AvgIpc) is 3.54. The van der Waals surface area contributed by atoms with Gasteiger partial charge in [0, 0.05) is 15.3 Å². The summed E-state index contributed by atoms with van der Waals surface area (Å²) in [5.41, 5.74) is 2.34. The van der Waals surface area contributed by atoms with E-state index in [1.54, 1.807) is 34.8 Å². The highest BCUT2D eigenvalue weighted by Gasteiger charge is 2.46. The molecule has 0 aliphatic carbocycles. The molecular weight excluding hydrogens is 444 g/mol. The third-order valence-electron chi connectivity index (χ3n) is 5.76. The van der Waals surface area contributed by atoms with Gasteiger partial charge in [-0.25, -0.2) is 0 Å². The lowest BCUT2D eigenvalue weighted by molar-refractivity contribution is 0.143. The van der Waals surface area contributed by atoms with Crippen molar-refractivity contribution in [1.82, 2.24) is 8.75 Å². The zero-order valence-corrected chi connectivity index (χ0v) is 19.6. The van der Waals surface area contributed by atoms with Gasteiger partial charge in [0.25, 0.3) is 0 Å². The van der Waals surface area contributed by atoms with E-state index in [1.807, 2.05) is 36.7 Å². The quantitative estimate of drug-likeness (QED) is 0.296. The van der Waals surface area contributed by atoms with Crippen molar-refractivity contribution in [2.24, 2.45) is 0 Å². The maximum absolute atomic E-state index is 6.73. The summed E-state index contributed by atoms with van der Waals surface area (Å²) in [6.45, 7) is 16.3. The second-order valence-corrected chi connectivity index (χ2v) is 10.1. The molecule has 4 heterocycles. The molecule has 5 rings (SSSR count). The number of thiophene rings is 2. The van der Waals surface area contributed by atoms with E-state index in [0.29, 0.717) is 11.5 Å². The molecule has 0 radical (unpaired) electrons. The van der Waals surface area contributed by atoms with Gasteiger partial charge in [-0.05, 0) is 48.9 Å². The molecule has 0 saturated carbocycles. The molecule has 2 atom stereocenters. The van der Waals surface area contributed by atoms with Gasteiger partial charge in [0.1, 0.15) is 22.2 Å². The van der Waals surface area contributed by atoms with Gasteiger partial charge >= 0.3 is 0 Å². The van der Waals surface area contributed by atoms with Crippen LogP contribution in [0.1, 0.15) is 13.8 Å². The number of rotatable bonds is 4. The summed E-state index contributed by atoms with van der Waals surface area (Å²) in [5, 5.41) is 4.08. The number of nitrogens with zero attached hydrogens (tertiary/aromatic N) is 2. The molecule has 0 saturated heterocycles. The minimum absolute atomic E-state index is 0.625. The molecule has 1 aromatic carbocycles. The topological polar surface area (TPSA) is 44.2 Å². The molecule has 1 aliphatic heterocycles. The van der Waals surface area contributed by atoms with Gasteiger partial charge in [-0.2, -0.15) is 8.75 Å². The van der Waals surface area contributed by atoms with Crippen LogP contribution in [-0.2, 0) is 0 Å². The first-order chi connectivity index (χ1) is 14.9. The van der Waals surface area contributed by atoms with Crippen LogP contribution in [0.5, 0.6) is 11.5 Å². The Balaban J connectivity index is 1.97. The Morgan fingerprint density at radius 2 is 1.29 bits per heavy atom. The molecule has 7 heteroatoms. The summed E-state index contributed by atoms with van der Waals surface area (Å²) in [4.78, 5) is 2.07. The van der Waals surface area contributed by atoms with E-state index in [2.05, 4.69) is 40.6 Å². The predicted octanol–water partition coefficient (Wildman–Crippen LogP) is 7.37. The van der Waals surface area contributed by atoms with Crippen LogP contribution in [0, 0.1) is 0 Å². The molecule has 0 N–H and O–H groups in total. The monoisotopic (exact) mass is 464 g/mol. The largest absolute Gasteiger partial charge is 0.474 e. The Morgan fingerprint density at radius 1 is 0.839 bits per heavy atom. The van der Waals surface area contributed by atoms with Gasteiger partial charge in [-0.15, -0.1) is 22.7 Å². The summed E-state index contributed by atoms with van der Waals surface area (Å²) < 4.78 is 22.8. The number of aromatic nitrogens is 2. The minimum atomic E-state index is -0.871. The van der Waals surface area contributed by atoms with E-state index in [9.17, 15) is 0 Å². The number of benzene rings is 1. The Hall–Kier alpha value is -2.74. The summed E-state index contributed by atoms with van der Waals surface area (Å²) >= 11 is 4.45. The van der Waals surface area contributed by atoms with Crippen molar-refractivity contribution in [2.75, 3.05) is 0 Å². The smallest absolute Gasteiger partial charge is 0.174 e. The van der Waals surface area contributed by atoms with E-state index in [4.69, 9.17) is 9.47 Å². The number of hydrogen-bond acceptors (Lipinski definition) is 7. The third-order valence-corrected chi connectivity index (χ3v) is 8.07. The zero-order valence-electron chi connectivity index (χ0n) is 17.2. The average molecular weight is 465 g/mol. The van der Waals surface area contributed by atoms with E-state index in [-0.39, 0.29) is 0 Å². The van der Waals surface area contributed by atoms with Crippen LogP contribution in [0.2, 0.25) is 0 Å². The van der Waals surface area contributed by atoms with Crippen molar-refractivity contribution in [3.05, 3.63) is 72.5 Å². The fraction of sp³-hybridized carbons (Fsp3) is 0.167. The highest BCUT2D eigenvalue weighted by molar-refractivity contribution is 7.14. The van der Waals surface area contributed by atoms with Gasteiger partial charge in [0.05, 0.1) is 22.9 Å². The van der Waals surface area contributed by atoms with Crippen LogP contribution in [0.15, 0.2) is 72.5 Å². The third kappa shape index (κ3) is 2.91. The summed E-state index contributed by atoms with van der Waals surface area (Å²) in [6, 6.07) is 8.15. The van der Waals surface area contributed by atoms with Gasteiger partial charge in [-0.3, -0.25) is 0 Å². The van der Waals surface area contributed by atoms with Crippen molar-refractivity contribution >= 4 is 45.4 Å². The first kappa shape index (κ1) is 20.2. The van der Waals surface area contributed by atoms with Gasteiger partial charge in [0.2, 0.25) is 0 Å². The molecule has 3 aromatic heterocycles. The van der Waals surface area contributed by atoms with Crippen LogP contribution in [0.25, 0.3) is 31.9 Å².